The van der Waals surface area contributed by atoms with E-state index in [4.69, 9.17) is 4.74 Å². The molecule has 7 heteroatoms. The Balaban J connectivity index is 1.43. The standard InChI is InChI=1S/C28H37NO6/c1-14-16-5-6-17-25-13-35-28(34,21(32)24(25,4)23(2,3)10-7-18(25)30)27(17)19(16)26(14,22(27)33)20(31)15-8-11-29-12-9-15/h15-17,19,21,29,32,34H,1,5-13H2,2-4H3/t16-,17-,19-,21-,24+,25+,26?,27+,28?/m0/s1. The lowest BCUT2D eigenvalue weighted by Gasteiger charge is -2.86. The van der Waals surface area contributed by atoms with E-state index in [0.29, 0.717) is 37.7 Å². The van der Waals surface area contributed by atoms with Crippen molar-refractivity contribution in [1.29, 1.82) is 0 Å². The van der Waals surface area contributed by atoms with Crippen molar-refractivity contribution in [2.24, 2.45) is 50.7 Å². The number of aliphatic hydroxyl groups excluding tert-OH is 1. The first-order valence-corrected chi connectivity index (χ1v) is 13.5. The number of Topliss-reactive ketones (excluding diaryl/α,β-unsaturated/α-hetero) is 3. The molecule has 8 rings (SSSR count). The summed E-state index contributed by atoms with van der Waals surface area (Å²) < 4.78 is 6.12. The predicted molar refractivity (Wildman–Crippen MR) is 125 cm³/mol. The molecule has 9 atom stereocenters. The molecule has 2 unspecified atom stereocenters. The van der Waals surface area contributed by atoms with Crippen molar-refractivity contribution in [3.8, 4) is 0 Å². The topological polar surface area (TPSA) is 113 Å². The van der Waals surface area contributed by atoms with E-state index in [2.05, 4.69) is 25.7 Å². The summed E-state index contributed by atoms with van der Waals surface area (Å²) in [6, 6.07) is 0. The van der Waals surface area contributed by atoms with Crippen LogP contribution < -0.4 is 5.32 Å². The molecule has 5 saturated carbocycles. The van der Waals surface area contributed by atoms with Gasteiger partial charge in [0.25, 0.3) is 0 Å². The van der Waals surface area contributed by atoms with Gasteiger partial charge >= 0.3 is 0 Å². The molecule has 0 amide bonds. The molecule has 2 bridgehead atoms. The number of hydrogen-bond donors (Lipinski definition) is 3. The molecule has 8 aliphatic rings. The fourth-order valence-electron chi connectivity index (χ4n) is 11.0. The molecule has 3 N–H and O–H groups in total. The number of rotatable bonds is 2. The Morgan fingerprint density at radius 3 is 2.49 bits per heavy atom. The number of carbonyl (C=O) groups is 3. The number of ketones is 3. The quantitative estimate of drug-likeness (QED) is 0.405. The Bertz CT molecular complexity index is 1110. The zero-order chi connectivity index (χ0) is 25.0. The summed E-state index contributed by atoms with van der Waals surface area (Å²) >= 11 is 0. The van der Waals surface area contributed by atoms with Gasteiger partial charge in [-0.2, -0.15) is 0 Å². The smallest absolute Gasteiger partial charge is 0.206 e. The van der Waals surface area contributed by atoms with E-state index >= 15 is 0 Å². The number of ether oxygens (including phenoxy) is 1. The average Bonchev–Trinajstić information content (AvgIpc) is 2.84. The predicted octanol–water partition coefficient (Wildman–Crippen LogP) is 1.80. The van der Waals surface area contributed by atoms with Crippen LogP contribution in [0, 0.1) is 50.7 Å². The maximum atomic E-state index is 14.6. The minimum Gasteiger partial charge on any atom is -0.387 e. The molecule has 0 aromatic carbocycles. The Hall–Kier alpha value is -1.41. The molecule has 0 aromatic rings. The van der Waals surface area contributed by atoms with E-state index in [1.165, 1.54) is 0 Å². The highest BCUT2D eigenvalue weighted by Gasteiger charge is 2.98. The van der Waals surface area contributed by atoms with Crippen LogP contribution in [0.25, 0.3) is 0 Å². The first-order valence-electron chi connectivity index (χ1n) is 13.5. The monoisotopic (exact) mass is 483 g/mol. The van der Waals surface area contributed by atoms with Gasteiger partial charge in [0.2, 0.25) is 5.79 Å². The third-order valence-corrected chi connectivity index (χ3v) is 12.9. The van der Waals surface area contributed by atoms with Crippen molar-refractivity contribution in [3.05, 3.63) is 12.2 Å². The second kappa shape index (κ2) is 6.17. The van der Waals surface area contributed by atoms with Crippen LogP contribution in [0.2, 0.25) is 0 Å². The highest BCUT2D eigenvalue weighted by Crippen LogP contribution is 2.88. The van der Waals surface area contributed by atoms with Crippen LogP contribution in [0.3, 0.4) is 0 Å². The molecule has 190 valence electrons. The van der Waals surface area contributed by atoms with E-state index in [0.717, 1.165) is 19.5 Å². The van der Waals surface area contributed by atoms with Crippen molar-refractivity contribution >= 4 is 17.3 Å². The summed E-state index contributed by atoms with van der Waals surface area (Å²) in [4.78, 5) is 42.6. The third-order valence-electron chi connectivity index (χ3n) is 12.9. The van der Waals surface area contributed by atoms with Gasteiger partial charge in [0.1, 0.15) is 17.3 Å². The largest absolute Gasteiger partial charge is 0.387 e. The zero-order valence-electron chi connectivity index (χ0n) is 21.0. The molecule has 0 radical (unpaired) electrons. The fourth-order valence-corrected chi connectivity index (χ4v) is 11.0. The normalized spacial score (nSPS) is 55.9. The number of hydrogen-bond acceptors (Lipinski definition) is 7. The Morgan fingerprint density at radius 1 is 1.11 bits per heavy atom. The second-order valence-electron chi connectivity index (χ2n) is 13.5. The highest BCUT2D eigenvalue weighted by atomic mass is 16.6. The number of fused-ring (bicyclic) bond motifs is 1. The van der Waals surface area contributed by atoms with Gasteiger partial charge in [-0.05, 0) is 62.4 Å². The molecular weight excluding hydrogens is 446 g/mol. The third kappa shape index (κ3) is 1.82. The minimum atomic E-state index is -2.11. The summed E-state index contributed by atoms with van der Waals surface area (Å²) in [5.74, 6) is -3.63. The maximum Gasteiger partial charge on any atom is 0.206 e. The van der Waals surface area contributed by atoms with E-state index in [-0.39, 0.29) is 35.8 Å². The molecule has 0 aromatic heterocycles. The van der Waals surface area contributed by atoms with Crippen LogP contribution in [0.15, 0.2) is 12.2 Å². The van der Waals surface area contributed by atoms with E-state index in [1.807, 2.05) is 6.92 Å². The van der Waals surface area contributed by atoms with Crippen molar-refractivity contribution < 1.29 is 29.3 Å². The highest BCUT2D eigenvalue weighted by molar-refractivity contribution is 6.21. The van der Waals surface area contributed by atoms with Crippen molar-refractivity contribution in [1.82, 2.24) is 5.32 Å². The molecule has 3 aliphatic heterocycles. The van der Waals surface area contributed by atoms with Crippen molar-refractivity contribution in [2.75, 3.05) is 19.7 Å². The van der Waals surface area contributed by atoms with E-state index < -0.39 is 50.8 Å². The lowest BCUT2D eigenvalue weighted by Crippen LogP contribution is -2.97. The van der Waals surface area contributed by atoms with Gasteiger partial charge < -0.3 is 20.3 Å². The minimum absolute atomic E-state index is 0.0204. The summed E-state index contributed by atoms with van der Waals surface area (Å²) in [6.45, 7) is 11.8. The SMILES string of the molecule is C=C1[C@@H]2CC[C@@H]3[C@@]4(C(=O)C1(C(=O)C1CCNCC1)[C@H]24)C1(O)OC[C@]32C(=O)CCC(C)(C)[C@@]2(C)[C@@H]1O. The van der Waals surface area contributed by atoms with E-state index in [1.54, 1.807) is 0 Å². The Labute approximate surface area is 206 Å². The summed E-state index contributed by atoms with van der Waals surface area (Å²) in [5, 5.41) is 27.6. The van der Waals surface area contributed by atoms with Crippen LogP contribution in [0.4, 0.5) is 0 Å². The van der Waals surface area contributed by atoms with Crippen LogP contribution in [-0.4, -0.2) is 59.2 Å². The molecule has 35 heavy (non-hydrogen) atoms. The average molecular weight is 484 g/mol. The number of carbonyl (C=O) groups excluding carboxylic acids is 3. The van der Waals surface area contributed by atoms with E-state index in [9.17, 15) is 24.6 Å². The summed E-state index contributed by atoms with van der Waals surface area (Å²) in [6.07, 6.45) is 2.31. The maximum absolute atomic E-state index is 14.6. The Morgan fingerprint density at radius 2 is 1.80 bits per heavy atom. The van der Waals surface area contributed by atoms with Gasteiger partial charge in [-0.15, -0.1) is 0 Å². The molecule has 3 saturated heterocycles. The fraction of sp³-hybridized carbons (Fsp3) is 0.821. The van der Waals surface area contributed by atoms with Crippen molar-refractivity contribution in [2.45, 2.75) is 71.2 Å². The summed E-state index contributed by atoms with van der Waals surface area (Å²) in [7, 11) is 0. The second-order valence-corrected chi connectivity index (χ2v) is 13.5. The number of piperidine rings is 1. The first kappa shape index (κ1) is 22.8. The van der Waals surface area contributed by atoms with Crippen molar-refractivity contribution in [3.63, 3.8) is 0 Å². The van der Waals surface area contributed by atoms with Crippen LogP contribution in [-0.2, 0) is 19.1 Å². The molecule has 2 spiro atoms. The van der Waals surface area contributed by atoms with Gasteiger partial charge in [0.15, 0.2) is 11.6 Å². The van der Waals surface area contributed by atoms with Gasteiger partial charge in [0, 0.05) is 23.7 Å². The van der Waals surface area contributed by atoms with Gasteiger partial charge in [-0.1, -0.05) is 32.9 Å². The zero-order valence-corrected chi connectivity index (χ0v) is 21.0. The lowest BCUT2D eigenvalue weighted by molar-refractivity contribution is -0.479. The lowest BCUT2D eigenvalue weighted by atomic mass is 9.17. The van der Waals surface area contributed by atoms with Crippen LogP contribution >= 0.6 is 0 Å². The Kier molecular flexibility index (Phi) is 4.01. The molecular formula is C28H37NO6. The number of nitrogens with one attached hydrogen (secondary N) is 1. The van der Waals surface area contributed by atoms with Crippen LogP contribution in [0.1, 0.15) is 59.3 Å². The summed E-state index contributed by atoms with van der Waals surface area (Å²) in [5.41, 5.74) is -4.46. The van der Waals surface area contributed by atoms with Crippen LogP contribution in [0.5, 0.6) is 0 Å². The van der Waals surface area contributed by atoms with Gasteiger partial charge in [-0.3, -0.25) is 14.4 Å². The van der Waals surface area contributed by atoms with Gasteiger partial charge in [-0.25, -0.2) is 0 Å². The molecule has 8 fully saturated rings. The molecule has 5 aliphatic carbocycles. The molecule has 3 heterocycles. The van der Waals surface area contributed by atoms with Gasteiger partial charge in [0.05, 0.1) is 17.4 Å². The first-order chi connectivity index (χ1) is 16.4. The molecule has 7 nitrogen and oxygen atoms in total. The number of aliphatic hydroxyl groups is 2. The number of allylic oxidation sites excluding steroid dienone is 1.